The molecule has 0 aliphatic carbocycles. The molecule has 0 radical (unpaired) electrons. The summed E-state index contributed by atoms with van der Waals surface area (Å²) in [5.41, 5.74) is 0.102. The molecule has 0 N–H and O–H groups in total. The van der Waals surface area contributed by atoms with Crippen molar-refractivity contribution >= 4 is 59.2 Å². The van der Waals surface area contributed by atoms with Gasteiger partial charge in [-0.2, -0.15) is 26.3 Å². The molecule has 0 aliphatic rings. The second-order valence-corrected chi connectivity index (χ2v) is 19.4. The zero-order valence-electron chi connectivity index (χ0n) is 36.5. The maximum absolute atomic E-state index is 11.8. The van der Waals surface area contributed by atoms with Gasteiger partial charge in [-0.1, -0.05) is 170 Å². The Morgan fingerprint density at radius 3 is 0.638 bits per heavy atom. The zero-order chi connectivity index (χ0) is 48.8. The first-order valence-corrected chi connectivity index (χ1v) is 23.9. The van der Waals surface area contributed by atoms with E-state index in [2.05, 4.69) is 182 Å². The van der Waals surface area contributed by atoms with Gasteiger partial charge in [-0.3, -0.25) is 9.59 Å². The molecule has 0 atom stereocenters. The fourth-order valence-electron chi connectivity index (χ4n) is 6.40. The van der Waals surface area contributed by atoms with Crippen LogP contribution < -0.4 is 42.0 Å². The maximum atomic E-state index is 11.8. The monoisotopic (exact) mass is 1010 g/mol. The minimum atomic E-state index is -5.00. The number of benzene rings is 8. The molecule has 352 valence electrons. The van der Waals surface area contributed by atoms with Crippen LogP contribution in [0.3, 0.4) is 0 Å². The third-order valence-electron chi connectivity index (χ3n) is 9.57. The summed E-state index contributed by atoms with van der Waals surface area (Å²) < 4.78 is 70.8. The average Bonchev–Trinajstić information content (AvgIpc) is 3.37. The Morgan fingerprint density at radius 2 is 0.478 bits per heavy atom. The summed E-state index contributed by atoms with van der Waals surface area (Å²) in [4.78, 5) is 22.3. The van der Waals surface area contributed by atoms with Gasteiger partial charge in [-0.15, -0.1) is 0 Å². The van der Waals surface area contributed by atoms with Crippen LogP contribution in [-0.2, 0) is 16.5 Å². The molecule has 0 spiro atoms. The average molecular weight is 1020 g/mol. The smallest absolute Gasteiger partial charge is 0.869 e. The van der Waals surface area contributed by atoms with Crippen LogP contribution in [0.25, 0.3) is 0 Å². The molecule has 0 aromatic heterocycles. The first kappa shape index (κ1) is 54.7. The number of allylic oxidation sites excluding steroid dienone is 4. The molecule has 0 unspecified atom stereocenters. The van der Waals surface area contributed by atoms with E-state index in [1.807, 2.05) is 0 Å². The Kier molecular flexibility index (Phi) is 22.1. The molecule has 8 aromatic carbocycles. The van der Waals surface area contributed by atoms with E-state index < -0.39 is 51.3 Å². The van der Waals surface area contributed by atoms with Gasteiger partial charge in [0.15, 0.2) is 11.6 Å². The number of hydrogen-bond acceptors (Lipinski definition) is 4. The third-order valence-corrected chi connectivity index (χ3v) is 15.0. The van der Waals surface area contributed by atoms with Gasteiger partial charge in [0.25, 0.3) is 0 Å². The van der Waals surface area contributed by atoms with Crippen molar-refractivity contribution < 1.29 is 62.6 Å². The third kappa shape index (κ3) is 17.9. The van der Waals surface area contributed by atoms with E-state index in [0.29, 0.717) is 0 Å². The number of hydrogen-bond donors (Lipinski definition) is 0. The van der Waals surface area contributed by atoms with Crippen molar-refractivity contribution in [3.8, 4) is 0 Å². The predicted molar refractivity (Wildman–Crippen MR) is 263 cm³/mol. The van der Waals surface area contributed by atoms with Gasteiger partial charge in [-0.05, 0) is 96.5 Å². The van der Waals surface area contributed by atoms with Gasteiger partial charge in [-0.25, -0.2) is 0 Å². The molecule has 4 nitrogen and oxygen atoms in total. The minimum absolute atomic E-state index is 0. The summed E-state index contributed by atoms with van der Waals surface area (Å²) in [5.74, 6) is -6.18. The molecular formula is C56H44F6NiO4P2+2. The standard InChI is InChI=1S/2C18H15P.2C10H7F3O2.Ni/c2*1-4-10-16(11-5-1)19(17-12-6-2-7-13-17)18-14-8-3-9-15-18;2*11-10(12,13)9(15)6-8(14)7-4-2-1-3-5-7;/h2*1-15H;2*1-6,15H;/q;;;;+2/b;;2*9-6-;. The normalized spacial score (nSPS) is 11.3. The molecule has 0 bridgehead atoms. The van der Waals surface area contributed by atoms with Crippen molar-refractivity contribution in [1.29, 1.82) is 0 Å². The first-order chi connectivity index (χ1) is 32.7. The number of halogens is 6. The number of alkyl halides is 6. The molecule has 8 aromatic rings. The van der Waals surface area contributed by atoms with Crippen LogP contribution >= 0.6 is 15.8 Å². The zero-order valence-corrected chi connectivity index (χ0v) is 39.5. The molecule has 8 rings (SSSR count). The van der Waals surface area contributed by atoms with Gasteiger partial charge in [0.2, 0.25) is 0 Å². The summed E-state index contributed by atoms with van der Waals surface area (Å²) >= 11 is 0. The van der Waals surface area contributed by atoms with Crippen molar-refractivity contribution in [1.82, 2.24) is 0 Å². The van der Waals surface area contributed by atoms with Crippen molar-refractivity contribution in [2.75, 3.05) is 0 Å². The van der Waals surface area contributed by atoms with E-state index in [9.17, 15) is 46.1 Å². The summed E-state index contributed by atoms with van der Waals surface area (Å²) in [6, 6.07) is 79.6. The first-order valence-electron chi connectivity index (χ1n) is 20.9. The largest absolute Gasteiger partial charge is 2.00 e. The summed E-state index contributed by atoms with van der Waals surface area (Å²) in [6.07, 6.45) is -9.89. The van der Waals surface area contributed by atoms with Gasteiger partial charge in [0.05, 0.1) is 15.8 Å². The minimum Gasteiger partial charge on any atom is -0.869 e. The number of carbonyl (C=O) groups is 2. The molecule has 0 saturated carbocycles. The van der Waals surface area contributed by atoms with E-state index in [4.69, 9.17) is 0 Å². The van der Waals surface area contributed by atoms with Gasteiger partial charge < -0.3 is 10.2 Å². The summed E-state index contributed by atoms with van der Waals surface area (Å²) in [7, 11) is -1.75. The van der Waals surface area contributed by atoms with E-state index in [1.54, 1.807) is 12.1 Å². The summed E-state index contributed by atoms with van der Waals surface area (Å²) in [6.45, 7) is 0. The van der Waals surface area contributed by atoms with Crippen molar-refractivity contribution in [2.45, 2.75) is 12.4 Å². The van der Waals surface area contributed by atoms with Gasteiger partial charge >= 0.3 is 28.8 Å². The van der Waals surface area contributed by atoms with E-state index in [-0.39, 0.29) is 39.8 Å². The number of ketones is 2. The van der Waals surface area contributed by atoms with Crippen LogP contribution in [0.5, 0.6) is 0 Å². The molecule has 0 heterocycles. The Morgan fingerprint density at radius 1 is 0.319 bits per heavy atom. The SMILES string of the molecule is O=C(/C=C(\[O-])C(F)(F)F)c1ccccc1.O=C(/C=C(\[O-])C(F)(F)F)c1ccccc1.[Ni+2].c1ccc([PH+](c2ccccc2)c2ccccc2)cc1.c1ccc([PH+](c2ccccc2)c2ccccc2)cc1. The van der Waals surface area contributed by atoms with Crippen molar-refractivity contribution in [3.63, 3.8) is 0 Å². The van der Waals surface area contributed by atoms with Crippen LogP contribution in [0, 0.1) is 0 Å². The fourth-order valence-corrected chi connectivity index (χ4v) is 11.6. The van der Waals surface area contributed by atoms with Crippen LogP contribution in [0.4, 0.5) is 26.3 Å². The summed E-state index contributed by atoms with van der Waals surface area (Å²) in [5, 5.41) is 29.5. The van der Waals surface area contributed by atoms with Crippen molar-refractivity contribution in [3.05, 3.63) is 277 Å². The predicted octanol–water partition coefficient (Wildman–Crippen LogP) is 9.70. The quantitative estimate of drug-likeness (QED) is 0.0342. The molecule has 0 fully saturated rings. The maximum Gasteiger partial charge on any atom is 2.00 e. The molecule has 13 heteroatoms. The van der Waals surface area contributed by atoms with E-state index in [0.717, 1.165) is 0 Å². The van der Waals surface area contributed by atoms with Crippen LogP contribution in [-0.4, -0.2) is 23.9 Å². The molecule has 0 saturated heterocycles. The Bertz CT molecular complexity index is 2400. The van der Waals surface area contributed by atoms with Gasteiger partial charge in [0.1, 0.15) is 31.8 Å². The molecule has 0 aliphatic heterocycles. The van der Waals surface area contributed by atoms with Gasteiger partial charge in [0, 0.05) is 11.1 Å². The number of rotatable bonds is 10. The van der Waals surface area contributed by atoms with Crippen LogP contribution in [0.1, 0.15) is 20.7 Å². The Labute approximate surface area is 409 Å². The fraction of sp³-hybridized carbons (Fsp3) is 0.0357. The molecule has 69 heavy (non-hydrogen) atoms. The Balaban J connectivity index is 0.000000201. The molecular weight excluding hydrogens is 971 g/mol. The number of carbonyl (C=O) groups excluding carboxylic acids is 2. The van der Waals surface area contributed by atoms with E-state index >= 15 is 0 Å². The Hall–Kier alpha value is -6.89. The van der Waals surface area contributed by atoms with E-state index in [1.165, 1.54) is 80.4 Å². The van der Waals surface area contributed by atoms with Crippen LogP contribution in [0.15, 0.2) is 266 Å². The second kappa shape index (κ2) is 27.8. The topological polar surface area (TPSA) is 80.3 Å². The van der Waals surface area contributed by atoms with Crippen molar-refractivity contribution in [2.24, 2.45) is 0 Å². The van der Waals surface area contributed by atoms with Crippen LogP contribution in [0.2, 0.25) is 0 Å². The second-order valence-electron chi connectivity index (χ2n) is 14.4. The molecule has 0 amide bonds.